The van der Waals surface area contributed by atoms with Gasteiger partial charge in [0.15, 0.2) is 0 Å². The van der Waals surface area contributed by atoms with Crippen molar-refractivity contribution >= 4 is 5.91 Å². The fourth-order valence-electron chi connectivity index (χ4n) is 1.57. The number of rotatable bonds is 4. The molecule has 1 amide bonds. The van der Waals surface area contributed by atoms with E-state index in [9.17, 15) is 9.18 Å². The van der Waals surface area contributed by atoms with E-state index in [1.165, 1.54) is 6.07 Å². The topological polar surface area (TPSA) is 46.3 Å². The molecule has 94 valence electrons. The van der Waals surface area contributed by atoms with Gasteiger partial charge in [-0.25, -0.2) is 4.39 Å². The molecule has 0 aliphatic carbocycles. The minimum Gasteiger partial charge on any atom is -0.341 e. The largest absolute Gasteiger partial charge is 0.341 e. The number of carbonyl (C=O) groups excluding carboxylic acids is 1. The van der Waals surface area contributed by atoms with Crippen LogP contribution in [0.2, 0.25) is 0 Å². The van der Waals surface area contributed by atoms with Crippen LogP contribution in [0.5, 0.6) is 0 Å². The Kier molecular flexibility index (Phi) is 4.63. The minimum absolute atomic E-state index is 0.177. The van der Waals surface area contributed by atoms with Crippen molar-refractivity contribution in [2.45, 2.75) is 13.8 Å². The molecule has 0 heterocycles. The maximum Gasteiger partial charge on any atom is 0.253 e. The maximum absolute atomic E-state index is 13.3. The van der Waals surface area contributed by atoms with Gasteiger partial charge in [0, 0.05) is 19.2 Å². The number of hydrogen-bond acceptors (Lipinski definition) is 2. The Hall–Kier alpha value is -1.42. The van der Waals surface area contributed by atoms with Crippen LogP contribution in [0.4, 0.5) is 4.39 Å². The third-order valence-corrected chi connectivity index (χ3v) is 2.75. The first-order chi connectivity index (χ1) is 7.95. The fraction of sp³-hybridized carbons (Fsp3) is 0.462. The molecule has 1 aromatic rings. The molecule has 1 aromatic carbocycles. The molecule has 0 aliphatic rings. The highest BCUT2D eigenvalue weighted by Gasteiger charge is 2.14. The predicted octanol–water partition coefficient (Wildman–Crippen LogP) is 1.80. The highest BCUT2D eigenvalue weighted by Crippen LogP contribution is 2.11. The molecule has 0 fully saturated rings. The van der Waals surface area contributed by atoms with Crippen molar-refractivity contribution in [1.29, 1.82) is 0 Å². The van der Waals surface area contributed by atoms with E-state index in [0.717, 1.165) is 0 Å². The van der Waals surface area contributed by atoms with E-state index in [2.05, 4.69) is 0 Å². The Morgan fingerprint density at radius 2 is 2.18 bits per heavy atom. The quantitative estimate of drug-likeness (QED) is 0.869. The third kappa shape index (κ3) is 3.53. The lowest BCUT2D eigenvalue weighted by Gasteiger charge is -2.20. The van der Waals surface area contributed by atoms with Crippen molar-refractivity contribution in [3.63, 3.8) is 0 Å². The van der Waals surface area contributed by atoms with Gasteiger partial charge in [-0.15, -0.1) is 0 Å². The first-order valence-electron chi connectivity index (χ1n) is 5.67. The van der Waals surface area contributed by atoms with Crippen LogP contribution in [0.1, 0.15) is 22.8 Å². The molecular formula is C13H19FN2O. The zero-order valence-corrected chi connectivity index (χ0v) is 10.5. The smallest absolute Gasteiger partial charge is 0.253 e. The Morgan fingerprint density at radius 3 is 2.71 bits per heavy atom. The molecule has 0 aliphatic heterocycles. The number of halogens is 1. The summed E-state index contributed by atoms with van der Waals surface area (Å²) in [5.41, 5.74) is 6.42. The number of nitrogens with two attached hydrogens (primary N) is 1. The van der Waals surface area contributed by atoms with Gasteiger partial charge in [0.25, 0.3) is 5.91 Å². The van der Waals surface area contributed by atoms with Gasteiger partial charge >= 0.3 is 0 Å². The van der Waals surface area contributed by atoms with Crippen molar-refractivity contribution < 1.29 is 9.18 Å². The van der Waals surface area contributed by atoms with Gasteiger partial charge in [-0.3, -0.25) is 4.79 Å². The van der Waals surface area contributed by atoms with E-state index in [0.29, 0.717) is 24.2 Å². The van der Waals surface area contributed by atoms with Crippen LogP contribution in [0.3, 0.4) is 0 Å². The number of carbonyl (C=O) groups is 1. The summed E-state index contributed by atoms with van der Waals surface area (Å²) in [6.45, 7) is 4.74. The van der Waals surface area contributed by atoms with Gasteiger partial charge < -0.3 is 10.6 Å². The van der Waals surface area contributed by atoms with E-state index < -0.39 is 0 Å². The third-order valence-electron chi connectivity index (χ3n) is 2.75. The summed E-state index contributed by atoms with van der Waals surface area (Å²) < 4.78 is 13.3. The van der Waals surface area contributed by atoms with E-state index in [4.69, 9.17) is 5.73 Å². The molecule has 0 radical (unpaired) electrons. The summed E-state index contributed by atoms with van der Waals surface area (Å²) in [6, 6.07) is 4.54. The summed E-state index contributed by atoms with van der Waals surface area (Å²) in [6.07, 6.45) is 0. The van der Waals surface area contributed by atoms with Crippen LogP contribution in [0.25, 0.3) is 0 Å². The molecule has 1 unspecified atom stereocenters. The van der Waals surface area contributed by atoms with Crippen LogP contribution in [0.15, 0.2) is 18.2 Å². The van der Waals surface area contributed by atoms with Crippen LogP contribution < -0.4 is 5.73 Å². The van der Waals surface area contributed by atoms with Crippen molar-refractivity contribution in [2.24, 2.45) is 11.7 Å². The molecule has 0 aromatic heterocycles. The van der Waals surface area contributed by atoms with E-state index in [1.807, 2.05) is 6.92 Å². The highest BCUT2D eigenvalue weighted by atomic mass is 19.1. The molecule has 17 heavy (non-hydrogen) atoms. The lowest BCUT2D eigenvalue weighted by molar-refractivity contribution is 0.0777. The monoisotopic (exact) mass is 238 g/mol. The van der Waals surface area contributed by atoms with Crippen LogP contribution in [-0.2, 0) is 0 Å². The van der Waals surface area contributed by atoms with E-state index in [-0.39, 0.29) is 17.6 Å². The molecule has 0 saturated carbocycles. The normalized spacial score (nSPS) is 12.3. The summed E-state index contributed by atoms with van der Waals surface area (Å²) in [5, 5.41) is 0. The van der Waals surface area contributed by atoms with Crippen molar-refractivity contribution in [3.05, 3.63) is 35.1 Å². The first-order valence-corrected chi connectivity index (χ1v) is 5.67. The summed E-state index contributed by atoms with van der Waals surface area (Å²) in [4.78, 5) is 13.5. The van der Waals surface area contributed by atoms with Gasteiger partial charge in [0.2, 0.25) is 0 Å². The Morgan fingerprint density at radius 1 is 1.53 bits per heavy atom. The average molecular weight is 238 g/mol. The average Bonchev–Trinajstić information content (AvgIpc) is 2.31. The van der Waals surface area contributed by atoms with Crippen LogP contribution in [-0.4, -0.2) is 30.9 Å². The fourth-order valence-corrected chi connectivity index (χ4v) is 1.57. The zero-order chi connectivity index (χ0) is 13.0. The molecule has 4 heteroatoms. The number of amides is 1. The number of hydrogen-bond donors (Lipinski definition) is 1. The molecule has 1 rings (SSSR count). The van der Waals surface area contributed by atoms with Gasteiger partial charge in [-0.05, 0) is 37.1 Å². The molecule has 0 saturated heterocycles. The summed E-state index contributed by atoms with van der Waals surface area (Å²) in [7, 11) is 1.70. The van der Waals surface area contributed by atoms with Gasteiger partial charge in [0.05, 0.1) is 0 Å². The molecule has 0 spiro atoms. The second kappa shape index (κ2) is 5.77. The molecule has 2 N–H and O–H groups in total. The molecular weight excluding hydrogens is 219 g/mol. The van der Waals surface area contributed by atoms with E-state index in [1.54, 1.807) is 31.0 Å². The van der Waals surface area contributed by atoms with Crippen molar-refractivity contribution in [3.8, 4) is 0 Å². The lowest BCUT2D eigenvalue weighted by atomic mass is 10.1. The second-order valence-corrected chi connectivity index (χ2v) is 4.49. The molecule has 0 bridgehead atoms. The second-order valence-electron chi connectivity index (χ2n) is 4.49. The predicted molar refractivity (Wildman–Crippen MR) is 66.3 cm³/mol. The zero-order valence-electron chi connectivity index (χ0n) is 10.5. The summed E-state index contributed by atoms with van der Waals surface area (Å²) >= 11 is 0. The first kappa shape index (κ1) is 13.6. The highest BCUT2D eigenvalue weighted by molar-refractivity contribution is 5.94. The Bertz CT molecular complexity index is 406. The van der Waals surface area contributed by atoms with Crippen molar-refractivity contribution in [1.82, 2.24) is 4.90 Å². The number of nitrogens with zero attached hydrogens (tertiary/aromatic N) is 1. The Labute approximate surface area is 101 Å². The summed E-state index contributed by atoms with van der Waals surface area (Å²) in [5.74, 6) is -0.292. The van der Waals surface area contributed by atoms with Crippen molar-refractivity contribution in [2.75, 3.05) is 20.1 Å². The van der Waals surface area contributed by atoms with Crippen LogP contribution >= 0.6 is 0 Å². The number of benzene rings is 1. The maximum atomic E-state index is 13.3. The minimum atomic E-state index is -0.351. The van der Waals surface area contributed by atoms with E-state index >= 15 is 0 Å². The number of aryl methyl sites for hydroxylation is 1. The van der Waals surface area contributed by atoms with Gasteiger partial charge in [-0.2, -0.15) is 0 Å². The van der Waals surface area contributed by atoms with Crippen LogP contribution in [0, 0.1) is 18.7 Å². The van der Waals surface area contributed by atoms with Gasteiger partial charge in [0.1, 0.15) is 5.82 Å². The lowest BCUT2D eigenvalue weighted by Crippen LogP contribution is -2.33. The molecule has 3 nitrogen and oxygen atoms in total. The molecule has 1 atom stereocenters. The standard InChI is InChI=1S/C13H19FN2O/c1-9(7-15)8-16(3)13(17)11-5-4-10(2)12(14)6-11/h4-6,9H,7-8,15H2,1-3H3. The SMILES string of the molecule is Cc1ccc(C(=O)N(C)CC(C)CN)cc1F. The van der Waals surface area contributed by atoms with Gasteiger partial charge in [-0.1, -0.05) is 13.0 Å². The Balaban J connectivity index is 2.78.